The van der Waals surface area contributed by atoms with Crippen LogP contribution in [0.4, 0.5) is 11.4 Å². The van der Waals surface area contributed by atoms with Crippen molar-refractivity contribution in [1.29, 1.82) is 0 Å². The number of nitrogens with one attached hydrogen (secondary N) is 1. The molecule has 0 heterocycles. The van der Waals surface area contributed by atoms with Crippen molar-refractivity contribution in [1.82, 2.24) is 0 Å². The van der Waals surface area contributed by atoms with Gasteiger partial charge in [0.05, 0.1) is 7.11 Å². The minimum absolute atomic E-state index is 0.649. The van der Waals surface area contributed by atoms with Gasteiger partial charge in [-0.2, -0.15) is 0 Å². The van der Waals surface area contributed by atoms with Gasteiger partial charge in [-0.3, -0.25) is 0 Å². The zero-order valence-electron chi connectivity index (χ0n) is 11.0. The lowest BCUT2D eigenvalue weighted by atomic mass is 10.3. The van der Waals surface area contributed by atoms with E-state index in [1.165, 1.54) is 0 Å². The molecule has 0 aliphatic heterocycles. The lowest BCUT2D eigenvalue weighted by molar-refractivity contribution is 0.415. The van der Waals surface area contributed by atoms with Gasteiger partial charge in [-0.25, -0.2) is 0 Å². The highest BCUT2D eigenvalue weighted by Gasteiger charge is 2.07. The molecule has 2 aromatic carbocycles. The second-order valence-corrected chi connectivity index (χ2v) is 4.44. The van der Waals surface area contributed by atoms with Crippen LogP contribution in [0, 0.1) is 0 Å². The van der Waals surface area contributed by atoms with Gasteiger partial charge in [0.1, 0.15) is 5.75 Å². The maximum absolute atomic E-state index is 5.39. The summed E-state index contributed by atoms with van der Waals surface area (Å²) in [5, 5.41) is 3.84. The van der Waals surface area contributed by atoms with Gasteiger partial charge in [0.15, 0.2) is 5.11 Å². The molecule has 0 saturated heterocycles. The zero-order chi connectivity index (χ0) is 13.7. The van der Waals surface area contributed by atoms with Gasteiger partial charge in [0.2, 0.25) is 0 Å². The summed E-state index contributed by atoms with van der Waals surface area (Å²) < 4.78 is 5.14. The molecule has 2 aromatic rings. The summed E-state index contributed by atoms with van der Waals surface area (Å²) in [4.78, 5) is 1.92. The molecule has 4 heteroatoms. The topological polar surface area (TPSA) is 24.5 Å². The van der Waals surface area contributed by atoms with Crippen LogP contribution in [0.1, 0.15) is 0 Å². The number of para-hydroxylation sites is 1. The predicted molar refractivity (Wildman–Crippen MR) is 84.1 cm³/mol. The van der Waals surface area contributed by atoms with Crippen LogP contribution in [0.3, 0.4) is 0 Å². The predicted octanol–water partition coefficient (Wildman–Crippen LogP) is 3.53. The zero-order valence-corrected chi connectivity index (χ0v) is 11.8. The fourth-order valence-electron chi connectivity index (χ4n) is 1.65. The number of thiocarbonyl (C=S) groups is 1. The van der Waals surface area contributed by atoms with Crippen molar-refractivity contribution in [3.8, 4) is 5.75 Å². The van der Waals surface area contributed by atoms with Gasteiger partial charge in [0.25, 0.3) is 0 Å². The molecule has 19 heavy (non-hydrogen) atoms. The Kier molecular flexibility index (Phi) is 4.36. The summed E-state index contributed by atoms with van der Waals surface area (Å²) in [5.41, 5.74) is 1.99. The van der Waals surface area contributed by atoms with Gasteiger partial charge in [0, 0.05) is 18.4 Å². The highest BCUT2D eigenvalue weighted by atomic mass is 32.1. The maximum atomic E-state index is 5.39. The number of benzene rings is 2. The second-order valence-electron chi connectivity index (χ2n) is 4.05. The van der Waals surface area contributed by atoms with Crippen molar-refractivity contribution in [3.63, 3.8) is 0 Å². The molecular formula is C15H16N2OS. The van der Waals surface area contributed by atoms with Crippen molar-refractivity contribution in [2.24, 2.45) is 0 Å². The van der Waals surface area contributed by atoms with Crippen molar-refractivity contribution in [2.45, 2.75) is 0 Å². The van der Waals surface area contributed by atoms with E-state index in [-0.39, 0.29) is 0 Å². The molecule has 2 rings (SSSR count). The fraction of sp³-hybridized carbons (Fsp3) is 0.133. The Hall–Kier alpha value is -2.07. The number of rotatable bonds is 3. The maximum Gasteiger partial charge on any atom is 0.177 e. The summed E-state index contributed by atoms with van der Waals surface area (Å²) in [5.74, 6) is 0.832. The highest BCUT2D eigenvalue weighted by molar-refractivity contribution is 7.80. The van der Waals surface area contributed by atoms with Gasteiger partial charge in [-0.05, 0) is 48.6 Å². The van der Waals surface area contributed by atoms with Gasteiger partial charge < -0.3 is 15.0 Å². The molecule has 0 radical (unpaired) electrons. The molecule has 0 unspecified atom stereocenters. The molecule has 0 bridgehead atoms. The summed E-state index contributed by atoms with van der Waals surface area (Å²) in [6.07, 6.45) is 0. The van der Waals surface area contributed by atoms with E-state index in [2.05, 4.69) is 5.32 Å². The largest absolute Gasteiger partial charge is 0.497 e. The molecule has 0 aliphatic carbocycles. The minimum Gasteiger partial charge on any atom is -0.497 e. The summed E-state index contributed by atoms with van der Waals surface area (Å²) in [6.45, 7) is 0. The molecule has 0 saturated carbocycles. The van der Waals surface area contributed by atoms with E-state index in [1.54, 1.807) is 7.11 Å². The number of ether oxygens (including phenoxy) is 1. The van der Waals surface area contributed by atoms with E-state index in [0.717, 1.165) is 17.1 Å². The second kappa shape index (κ2) is 6.20. The van der Waals surface area contributed by atoms with E-state index >= 15 is 0 Å². The average Bonchev–Trinajstić information content (AvgIpc) is 2.47. The number of nitrogens with zero attached hydrogens (tertiary/aromatic N) is 1. The first-order chi connectivity index (χ1) is 9.20. The number of methoxy groups -OCH3 is 1. The molecule has 0 amide bonds. The van der Waals surface area contributed by atoms with Crippen LogP contribution in [-0.4, -0.2) is 19.3 Å². The molecule has 3 nitrogen and oxygen atoms in total. The molecular weight excluding hydrogens is 256 g/mol. The Morgan fingerprint density at radius 3 is 2.26 bits per heavy atom. The molecule has 0 aliphatic rings. The Labute approximate surface area is 118 Å². The van der Waals surface area contributed by atoms with Gasteiger partial charge in [-0.15, -0.1) is 0 Å². The lowest BCUT2D eigenvalue weighted by Crippen LogP contribution is -2.30. The quantitative estimate of drug-likeness (QED) is 0.864. The molecule has 0 aromatic heterocycles. The van der Waals surface area contributed by atoms with Crippen LogP contribution in [0.5, 0.6) is 5.75 Å². The fourth-order valence-corrected chi connectivity index (χ4v) is 1.88. The standard InChI is InChI=1S/C15H16N2OS/c1-17(13-8-10-14(18-2)11-9-13)15(19)16-12-6-4-3-5-7-12/h3-11H,1-2H3,(H,16,19). The summed E-state index contributed by atoms with van der Waals surface area (Å²) >= 11 is 5.39. The van der Waals surface area contributed by atoms with Crippen LogP contribution >= 0.6 is 12.2 Å². The van der Waals surface area contributed by atoms with Crippen LogP contribution in [0.25, 0.3) is 0 Å². The van der Waals surface area contributed by atoms with Crippen LogP contribution in [-0.2, 0) is 0 Å². The van der Waals surface area contributed by atoms with Crippen molar-refractivity contribution < 1.29 is 4.74 Å². The first-order valence-electron chi connectivity index (χ1n) is 5.94. The first kappa shape index (κ1) is 13.4. The normalized spacial score (nSPS) is 9.79. The first-order valence-corrected chi connectivity index (χ1v) is 6.35. The molecule has 0 spiro atoms. The van der Waals surface area contributed by atoms with Crippen LogP contribution in [0.2, 0.25) is 0 Å². The van der Waals surface area contributed by atoms with Crippen molar-refractivity contribution in [3.05, 3.63) is 54.6 Å². The number of hydrogen-bond donors (Lipinski definition) is 1. The van der Waals surface area contributed by atoms with Crippen molar-refractivity contribution >= 4 is 28.7 Å². The summed E-state index contributed by atoms with van der Waals surface area (Å²) in [6, 6.07) is 17.6. The third-order valence-corrected chi connectivity index (χ3v) is 3.17. The minimum atomic E-state index is 0.649. The van der Waals surface area contributed by atoms with E-state index in [1.807, 2.05) is 66.5 Å². The van der Waals surface area contributed by atoms with Gasteiger partial charge >= 0.3 is 0 Å². The van der Waals surface area contributed by atoms with Crippen LogP contribution in [0.15, 0.2) is 54.6 Å². The van der Waals surface area contributed by atoms with E-state index in [0.29, 0.717) is 5.11 Å². The van der Waals surface area contributed by atoms with Crippen molar-refractivity contribution in [2.75, 3.05) is 24.4 Å². The Morgan fingerprint density at radius 2 is 1.68 bits per heavy atom. The van der Waals surface area contributed by atoms with Gasteiger partial charge in [-0.1, -0.05) is 18.2 Å². The van der Waals surface area contributed by atoms with Crippen LogP contribution < -0.4 is 15.0 Å². The number of anilines is 2. The third-order valence-electron chi connectivity index (χ3n) is 2.79. The molecule has 0 atom stereocenters. The van der Waals surface area contributed by atoms with E-state index in [4.69, 9.17) is 17.0 Å². The molecule has 1 N–H and O–H groups in total. The average molecular weight is 272 g/mol. The smallest absolute Gasteiger partial charge is 0.177 e. The number of hydrogen-bond acceptors (Lipinski definition) is 2. The third kappa shape index (κ3) is 3.45. The monoisotopic (exact) mass is 272 g/mol. The Morgan fingerprint density at radius 1 is 1.05 bits per heavy atom. The SMILES string of the molecule is COc1ccc(N(C)C(=S)Nc2ccccc2)cc1. The lowest BCUT2D eigenvalue weighted by Gasteiger charge is -2.21. The molecule has 0 fully saturated rings. The highest BCUT2D eigenvalue weighted by Crippen LogP contribution is 2.19. The van der Waals surface area contributed by atoms with E-state index in [9.17, 15) is 0 Å². The molecule has 98 valence electrons. The summed E-state index contributed by atoms with van der Waals surface area (Å²) in [7, 11) is 3.58. The Balaban J connectivity index is 2.06. The Bertz CT molecular complexity index is 540. The van der Waals surface area contributed by atoms with E-state index < -0.39 is 0 Å².